The van der Waals surface area contributed by atoms with Crippen LogP contribution in [0.2, 0.25) is 0 Å². The Labute approximate surface area is 181 Å². The third kappa shape index (κ3) is 7.65. The summed E-state index contributed by atoms with van der Waals surface area (Å²) in [4.78, 5) is 22.1. The first-order valence-corrected chi connectivity index (χ1v) is 10.2. The number of halogens is 3. The van der Waals surface area contributed by atoms with Crippen LogP contribution in [0, 0.1) is 0 Å². The second-order valence-corrected chi connectivity index (χ2v) is 7.18. The van der Waals surface area contributed by atoms with Gasteiger partial charge in [0.05, 0.1) is 21.3 Å². The van der Waals surface area contributed by atoms with Crippen molar-refractivity contribution in [2.24, 2.45) is 0 Å². The molecule has 0 aliphatic heterocycles. The van der Waals surface area contributed by atoms with E-state index in [0.717, 1.165) is 6.07 Å². The van der Waals surface area contributed by atoms with Crippen LogP contribution in [0.1, 0.15) is 11.1 Å². The topological polar surface area (TPSA) is 113 Å². The zero-order valence-corrected chi connectivity index (χ0v) is 18.0. The number of benzene rings is 2. The third-order valence-corrected chi connectivity index (χ3v) is 4.01. The Bertz CT molecular complexity index is 977. The fourth-order valence-electron chi connectivity index (χ4n) is 2.45. The van der Waals surface area contributed by atoms with Gasteiger partial charge in [-0.25, -0.2) is 4.57 Å². The van der Waals surface area contributed by atoms with Crippen molar-refractivity contribution in [3.63, 3.8) is 0 Å². The number of phosphoric acid groups is 1. The number of rotatable bonds is 10. The highest BCUT2D eigenvalue weighted by molar-refractivity contribution is 7.46. The number of hydrogen-bond donors (Lipinski definition) is 2. The molecule has 9 nitrogen and oxygen atoms in total. The summed E-state index contributed by atoms with van der Waals surface area (Å²) in [5.74, 6) is 0.303. The van der Waals surface area contributed by atoms with Gasteiger partial charge in [0.2, 0.25) is 11.5 Å². The fourth-order valence-corrected chi connectivity index (χ4v) is 2.63. The highest BCUT2D eigenvalue weighted by Crippen LogP contribution is 2.40. The molecule has 0 aliphatic rings. The van der Waals surface area contributed by atoms with E-state index in [1.165, 1.54) is 33.5 Å². The van der Waals surface area contributed by atoms with Gasteiger partial charge >= 0.3 is 14.0 Å². The fraction of sp³-hybridized carbons (Fsp3) is 0.263. The maximum Gasteiger partial charge on any atom is 0.505 e. The molecular formula is C19H20F3O9P. The molecule has 0 saturated carbocycles. The monoisotopic (exact) mass is 480 g/mol. The van der Waals surface area contributed by atoms with Crippen molar-refractivity contribution < 1.29 is 56.0 Å². The van der Waals surface area contributed by atoms with Gasteiger partial charge in [0.15, 0.2) is 23.9 Å². The van der Waals surface area contributed by atoms with Crippen molar-refractivity contribution in [3.8, 4) is 28.7 Å². The summed E-state index contributed by atoms with van der Waals surface area (Å²) in [7, 11) is -0.700. The van der Waals surface area contributed by atoms with Crippen molar-refractivity contribution in [2.75, 3.05) is 27.9 Å². The molecule has 2 aromatic rings. The van der Waals surface area contributed by atoms with Gasteiger partial charge in [-0.15, -0.1) is 0 Å². The smallest absolute Gasteiger partial charge is 0.493 e. The van der Waals surface area contributed by atoms with E-state index in [1.54, 1.807) is 24.3 Å². The molecule has 0 unspecified atom stereocenters. The van der Waals surface area contributed by atoms with Crippen LogP contribution in [0.5, 0.6) is 28.7 Å². The Morgan fingerprint density at radius 3 is 1.94 bits per heavy atom. The van der Waals surface area contributed by atoms with Crippen molar-refractivity contribution in [3.05, 3.63) is 41.5 Å². The lowest BCUT2D eigenvalue weighted by Gasteiger charge is -2.14. The van der Waals surface area contributed by atoms with Gasteiger partial charge in [-0.05, 0) is 35.4 Å². The van der Waals surface area contributed by atoms with Gasteiger partial charge in [0, 0.05) is 0 Å². The van der Waals surface area contributed by atoms with Gasteiger partial charge in [0.1, 0.15) is 0 Å². The molecule has 0 radical (unpaired) electrons. The molecule has 13 heteroatoms. The zero-order chi connectivity index (χ0) is 23.9. The van der Waals surface area contributed by atoms with Gasteiger partial charge in [0.25, 0.3) is 0 Å². The molecule has 32 heavy (non-hydrogen) atoms. The van der Waals surface area contributed by atoms with Gasteiger partial charge in [-0.1, -0.05) is 22.9 Å². The van der Waals surface area contributed by atoms with Crippen LogP contribution in [0.3, 0.4) is 0 Å². The van der Waals surface area contributed by atoms with Gasteiger partial charge in [-0.2, -0.15) is 13.2 Å². The predicted octanol–water partition coefficient (Wildman–Crippen LogP) is 4.23. The highest BCUT2D eigenvalue weighted by Gasteiger charge is 2.29. The molecular weight excluding hydrogens is 460 g/mol. The number of alkyl halides is 3. The minimum atomic E-state index is -5.06. The third-order valence-electron chi connectivity index (χ3n) is 3.74. The lowest BCUT2D eigenvalue weighted by molar-refractivity contribution is -0.156. The average molecular weight is 480 g/mol. The zero-order valence-electron chi connectivity index (χ0n) is 17.1. The van der Waals surface area contributed by atoms with E-state index in [-0.39, 0.29) is 0 Å². The molecule has 0 aliphatic carbocycles. The van der Waals surface area contributed by atoms with Crippen molar-refractivity contribution in [1.82, 2.24) is 0 Å². The summed E-state index contributed by atoms with van der Waals surface area (Å²) in [6.07, 6.45) is -1.45. The van der Waals surface area contributed by atoms with E-state index < -0.39 is 32.1 Å². The maximum atomic E-state index is 12.5. The molecule has 0 spiro atoms. The second kappa shape index (κ2) is 10.6. The summed E-state index contributed by atoms with van der Waals surface area (Å²) in [5.41, 5.74) is 1.02. The minimum Gasteiger partial charge on any atom is -0.493 e. The molecule has 2 aromatic carbocycles. The van der Waals surface area contributed by atoms with Crippen LogP contribution in [0.25, 0.3) is 12.2 Å². The Balaban J connectivity index is 2.34. The number of methoxy groups -OCH3 is 3. The molecule has 0 fully saturated rings. The summed E-state index contributed by atoms with van der Waals surface area (Å²) in [6.45, 7) is -1.64. The molecule has 176 valence electrons. The Kier molecular flexibility index (Phi) is 8.39. The molecule has 0 amide bonds. The van der Waals surface area contributed by atoms with Crippen LogP contribution in [0.15, 0.2) is 30.3 Å². The molecule has 2 rings (SSSR count). The normalized spacial score (nSPS) is 12.0. The van der Waals surface area contributed by atoms with E-state index >= 15 is 0 Å². The Morgan fingerprint density at radius 1 is 0.875 bits per heavy atom. The summed E-state index contributed by atoms with van der Waals surface area (Å²) >= 11 is 0. The summed E-state index contributed by atoms with van der Waals surface area (Å²) in [6, 6.07) is 7.04. The van der Waals surface area contributed by atoms with E-state index in [1.807, 2.05) is 0 Å². The van der Waals surface area contributed by atoms with Crippen LogP contribution < -0.4 is 23.8 Å². The first-order chi connectivity index (χ1) is 15.0. The van der Waals surface area contributed by atoms with Crippen LogP contribution in [0.4, 0.5) is 13.2 Å². The van der Waals surface area contributed by atoms with Crippen molar-refractivity contribution in [1.29, 1.82) is 0 Å². The van der Waals surface area contributed by atoms with E-state index in [2.05, 4.69) is 14.3 Å². The molecule has 0 aromatic heterocycles. The first-order valence-electron chi connectivity index (χ1n) is 8.69. The van der Waals surface area contributed by atoms with Crippen LogP contribution in [-0.2, 0) is 9.24 Å². The molecule has 0 atom stereocenters. The predicted molar refractivity (Wildman–Crippen MR) is 107 cm³/mol. The molecule has 0 heterocycles. The standard InChI is InChI=1S/C19H20F3O9P/c1-26-16-9-13(10-17(27-2)18(16)28-3)5-4-12-6-7-14(29-11-19(20,21)22)15(8-12)30-31-32(23,24)25/h4-10H,11H2,1-3H3,(H2,23,24,25). The SMILES string of the molecule is COc1cc(C=Cc2ccc(OCC(F)(F)F)c(OOP(=O)(O)O)c2)cc(OC)c1OC. The van der Waals surface area contributed by atoms with Crippen molar-refractivity contribution in [2.45, 2.75) is 6.18 Å². The minimum absolute atomic E-state index is 0.391. The van der Waals surface area contributed by atoms with Gasteiger partial charge < -0.3 is 33.6 Å². The number of ether oxygens (including phenoxy) is 4. The van der Waals surface area contributed by atoms with Gasteiger partial charge in [-0.3, -0.25) is 0 Å². The van der Waals surface area contributed by atoms with E-state index in [4.69, 9.17) is 24.0 Å². The highest BCUT2D eigenvalue weighted by atomic mass is 31.2. The van der Waals surface area contributed by atoms with Crippen molar-refractivity contribution >= 4 is 20.0 Å². The Morgan fingerprint density at radius 2 is 1.44 bits per heavy atom. The summed E-state index contributed by atoms with van der Waals surface area (Å²) in [5, 5.41) is 0. The molecule has 0 saturated heterocycles. The lowest BCUT2D eigenvalue weighted by atomic mass is 10.1. The second-order valence-electron chi connectivity index (χ2n) is 6.05. The number of hydrogen-bond acceptors (Lipinski definition) is 7. The van der Waals surface area contributed by atoms with Crippen LogP contribution >= 0.6 is 7.82 Å². The first kappa shape index (κ1) is 25.3. The van der Waals surface area contributed by atoms with Crippen LogP contribution in [-0.4, -0.2) is 43.9 Å². The quantitative estimate of drug-likeness (QED) is 0.223. The van der Waals surface area contributed by atoms with E-state index in [0.29, 0.717) is 28.4 Å². The van der Waals surface area contributed by atoms with E-state index in [9.17, 15) is 17.7 Å². The molecule has 0 bridgehead atoms. The lowest BCUT2D eigenvalue weighted by Crippen LogP contribution is -2.19. The average Bonchev–Trinajstić information content (AvgIpc) is 2.73. The largest absolute Gasteiger partial charge is 0.505 e. The maximum absolute atomic E-state index is 12.5. The summed E-state index contributed by atoms with van der Waals surface area (Å²) < 4.78 is 72.6. The Hall–Kier alpha value is -2.92. The molecule has 2 N–H and O–H groups in total.